The predicted octanol–water partition coefficient (Wildman–Crippen LogP) is 2.77. The molecule has 1 saturated heterocycles. The van der Waals surface area contributed by atoms with E-state index in [4.69, 9.17) is 5.73 Å². The highest BCUT2D eigenvalue weighted by Crippen LogP contribution is 2.40. The SMILES string of the molecule is CCC1CCC(C)N1CC1(CN)CCCC1. The molecule has 2 fully saturated rings. The van der Waals surface area contributed by atoms with Gasteiger partial charge in [0.05, 0.1) is 0 Å². The summed E-state index contributed by atoms with van der Waals surface area (Å²) in [7, 11) is 0. The van der Waals surface area contributed by atoms with Gasteiger partial charge in [0, 0.05) is 18.6 Å². The first kappa shape index (κ1) is 12.4. The van der Waals surface area contributed by atoms with Crippen molar-refractivity contribution in [3.8, 4) is 0 Å². The van der Waals surface area contributed by atoms with Crippen molar-refractivity contribution >= 4 is 0 Å². The van der Waals surface area contributed by atoms with Gasteiger partial charge in [0.1, 0.15) is 0 Å². The highest BCUT2D eigenvalue weighted by atomic mass is 15.2. The van der Waals surface area contributed by atoms with E-state index in [0.717, 1.165) is 18.6 Å². The molecule has 0 bridgehead atoms. The minimum Gasteiger partial charge on any atom is -0.330 e. The van der Waals surface area contributed by atoms with Crippen LogP contribution in [0.1, 0.15) is 58.8 Å². The molecule has 0 amide bonds. The molecule has 2 unspecified atom stereocenters. The van der Waals surface area contributed by atoms with Crippen LogP contribution in [0.3, 0.4) is 0 Å². The van der Waals surface area contributed by atoms with Gasteiger partial charge >= 0.3 is 0 Å². The fourth-order valence-corrected chi connectivity index (χ4v) is 3.79. The van der Waals surface area contributed by atoms with Crippen molar-refractivity contribution < 1.29 is 0 Å². The second-order valence-corrected chi connectivity index (χ2v) is 6.07. The van der Waals surface area contributed by atoms with Crippen LogP contribution in [-0.4, -0.2) is 30.1 Å². The fraction of sp³-hybridized carbons (Fsp3) is 1.00. The van der Waals surface area contributed by atoms with Gasteiger partial charge in [0.2, 0.25) is 0 Å². The highest BCUT2D eigenvalue weighted by molar-refractivity contribution is 4.93. The Labute approximate surface area is 101 Å². The van der Waals surface area contributed by atoms with E-state index in [9.17, 15) is 0 Å². The van der Waals surface area contributed by atoms with Gasteiger partial charge < -0.3 is 5.73 Å². The second-order valence-electron chi connectivity index (χ2n) is 6.07. The summed E-state index contributed by atoms with van der Waals surface area (Å²) < 4.78 is 0. The Morgan fingerprint density at radius 3 is 2.50 bits per heavy atom. The van der Waals surface area contributed by atoms with Crippen LogP contribution in [0, 0.1) is 5.41 Å². The average molecular weight is 224 g/mol. The van der Waals surface area contributed by atoms with Crippen LogP contribution in [0.2, 0.25) is 0 Å². The first-order valence-corrected chi connectivity index (χ1v) is 7.16. The molecule has 94 valence electrons. The fourth-order valence-electron chi connectivity index (χ4n) is 3.79. The summed E-state index contributed by atoms with van der Waals surface area (Å²) >= 11 is 0. The normalized spacial score (nSPS) is 34.7. The van der Waals surface area contributed by atoms with E-state index in [1.165, 1.54) is 51.5 Å². The molecule has 0 aromatic rings. The standard InChI is InChI=1S/C14H28N2/c1-3-13-7-6-12(2)16(13)11-14(10-15)8-4-5-9-14/h12-13H,3-11,15H2,1-2H3. The molecule has 2 rings (SSSR count). The number of nitrogens with two attached hydrogens (primary N) is 1. The van der Waals surface area contributed by atoms with Crippen LogP contribution in [0.25, 0.3) is 0 Å². The molecule has 1 heterocycles. The smallest absolute Gasteiger partial charge is 0.00962 e. The van der Waals surface area contributed by atoms with E-state index in [0.29, 0.717) is 5.41 Å². The molecule has 1 saturated carbocycles. The zero-order valence-electron chi connectivity index (χ0n) is 11.0. The summed E-state index contributed by atoms with van der Waals surface area (Å²) in [5.74, 6) is 0. The van der Waals surface area contributed by atoms with E-state index < -0.39 is 0 Å². The molecule has 0 aromatic carbocycles. The molecular weight excluding hydrogens is 196 g/mol. The molecule has 0 radical (unpaired) electrons. The third-order valence-corrected chi connectivity index (χ3v) is 5.04. The van der Waals surface area contributed by atoms with E-state index in [-0.39, 0.29) is 0 Å². The zero-order valence-corrected chi connectivity index (χ0v) is 11.0. The summed E-state index contributed by atoms with van der Waals surface area (Å²) in [4.78, 5) is 2.76. The van der Waals surface area contributed by atoms with Crippen molar-refractivity contribution in [2.45, 2.75) is 70.9 Å². The lowest BCUT2D eigenvalue weighted by Crippen LogP contribution is -2.45. The van der Waals surface area contributed by atoms with Crippen molar-refractivity contribution in [2.24, 2.45) is 11.1 Å². The zero-order chi connectivity index (χ0) is 11.6. The quantitative estimate of drug-likeness (QED) is 0.795. The Hall–Kier alpha value is -0.0800. The van der Waals surface area contributed by atoms with Crippen molar-refractivity contribution in [1.82, 2.24) is 4.90 Å². The monoisotopic (exact) mass is 224 g/mol. The van der Waals surface area contributed by atoms with E-state index in [2.05, 4.69) is 18.7 Å². The molecule has 2 heteroatoms. The molecule has 1 aliphatic carbocycles. The molecule has 16 heavy (non-hydrogen) atoms. The highest BCUT2D eigenvalue weighted by Gasteiger charge is 2.39. The lowest BCUT2D eigenvalue weighted by Gasteiger charge is -2.37. The van der Waals surface area contributed by atoms with Crippen LogP contribution >= 0.6 is 0 Å². The third-order valence-electron chi connectivity index (χ3n) is 5.04. The van der Waals surface area contributed by atoms with Crippen molar-refractivity contribution in [3.05, 3.63) is 0 Å². The largest absolute Gasteiger partial charge is 0.330 e. The minimum absolute atomic E-state index is 0.464. The predicted molar refractivity (Wildman–Crippen MR) is 69.4 cm³/mol. The van der Waals surface area contributed by atoms with E-state index >= 15 is 0 Å². The lowest BCUT2D eigenvalue weighted by atomic mass is 9.85. The summed E-state index contributed by atoms with van der Waals surface area (Å²) in [6, 6.07) is 1.62. The number of hydrogen-bond acceptors (Lipinski definition) is 2. The number of likely N-dealkylation sites (tertiary alicyclic amines) is 1. The Morgan fingerprint density at radius 2 is 1.94 bits per heavy atom. The van der Waals surface area contributed by atoms with E-state index in [1.807, 2.05) is 0 Å². The molecule has 2 atom stereocenters. The van der Waals surface area contributed by atoms with Gasteiger partial charge in [-0.25, -0.2) is 0 Å². The van der Waals surface area contributed by atoms with Crippen molar-refractivity contribution in [2.75, 3.05) is 13.1 Å². The number of nitrogens with zero attached hydrogens (tertiary/aromatic N) is 1. The van der Waals surface area contributed by atoms with Gasteiger partial charge in [-0.15, -0.1) is 0 Å². The molecular formula is C14H28N2. The van der Waals surface area contributed by atoms with Gasteiger partial charge in [-0.3, -0.25) is 4.90 Å². The summed E-state index contributed by atoms with van der Waals surface area (Å²) in [5.41, 5.74) is 6.52. The molecule has 0 aromatic heterocycles. The molecule has 0 spiro atoms. The van der Waals surface area contributed by atoms with Crippen molar-refractivity contribution in [3.63, 3.8) is 0 Å². The number of rotatable bonds is 4. The van der Waals surface area contributed by atoms with Gasteiger partial charge in [-0.2, -0.15) is 0 Å². The van der Waals surface area contributed by atoms with Gasteiger partial charge in [0.25, 0.3) is 0 Å². The van der Waals surface area contributed by atoms with Crippen molar-refractivity contribution in [1.29, 1.82) is 0 Å². The Bertz CT molecular complexity index is 221. The topological polar surface area (TPSA) is 29.3 Å². The Kier molecular flexibility index (Phi) is 3.91. The Morgan fingerprint density at radius 1 is 1.25 bits per heavy atom. The average Bonchev–Trinajstić information content (AvgIpc) is 2.89. The first-order valence-electron chi connectivity index (χ1n) is 7.16. The summed E-state index contributed by atoms with van der Waals surface area (Å²) in [6.07, 6.45) is 9.63. The maximum Gasteiger partial charge on any atom is 0.00962 e. The van der Waals surface area contributed by atoms with Crippen LogP contribution in [0.4, 0.5) is 0 Å². The maximum atomic E-state index is 6.05. The third kappa shape index (κ3) is 2.28. The Balaban J connectivity index is 2.01. The number of hydrogen-bond donors (Lipinski definition) is 1. The molecule has 2 nitrogen and oxygen atoms in total. The minimum atomic E-state index is 0.464. The van der Waals surface area contributed by atoms with E-state index in [1.54, 1.807) is 0 Å². The van der Waals surface area contributed by atoms with Crippen LogP contribution in [0.15, 0.2) is 0 Å². The second kappa shape index (κ2) is 5.05. The molecule has 2 N–H and O–H groups in total. The molecule has 2 aliphatic rings. The van der Waals surface area contributed by atoms with Crippen LogP contribution < -0.4 is 5.73 Å². The van der Waals surface area contributed by atoms with Gasteiger partial charge in [-0.05, 0) is 51.0 Å². The maximum absolute atomic E-state index is 6.05. The van der Waals surface area contributed by atoms with Gasteiger partial charge in [0.15, 0.2) is 0 Å². The molecule has 1 aliphatic heterocycles. The first-order chi connectivity index (χ1) is 7.71. The summed E-state index contributed by atoms with van der Waals surface area (Å²) in [5, 5.41) is 0. The lowest BCUT2D eigenvalue weighted by molar-refractivity contribution is 0.114. The van der Waals surface area contributed by atoms with Crippen LogP contribution in [-0.2, 0) is 0 Å². The van der Waals surface area contributed by atoms with Gasteiger partial charge in [-0.1, -0.05) is 19.8 Å². The van der Waals surface area contributed by atoms with Crippen LogP contribution in [0.5, 0.6) is 0 Å². The summed E-state index contributed by atoms with van der Waals surface area (Å²) in [6.45, 7) is 6.89.